The summed E-state index contributed by atoms with van der Waals surface area (Å²) in [5.41, 5.74) is 1.04. The van der Waals surface area contributed by atoms with Crippen LogP contribution >= 0.6 is 0 Å². The molecule has 0 aliphatic heterocycles. The molecule has 0 amide bonds. The van der Waals surface area contributed by atoms with Crippen LogP contribution in [0.1, 0.15) is 61.7 Å². The molecule has 0 bridgehead atoms. The number of esters is 1. The second-order valence-corrected chi connectivity index (χ2v) is 11.6. The molecule has 2 rings (SSSR count). The van der Waals surface area contributed by atoms with Crippen molar-refractivity contribution < 1.29 is 27.5 Å². The molecule has 0 aromatic heterocycles. The Kier molecular flexibility index (Phi) is 7.59. The summed E-state index contributed by atoms with van der Waals surface area (Å²) in [6.07, 6.45) is 4.25. The normalized spacial score (nSPS) is 12.6. The van der Waals surface area contributed by atoms with Gasteiger partial charge in [-0.3, -0.25) is 4.79 Å². The second kappa shape index (κ2) is 9.51. The lowest BCUT2D eigenvalue weighted by molar-refractivity contribution is -0.171. The molecule has 0 heterocycles. The topological polar surface area (TPSA) is 86.7 Å². The summed E-state index contributed by atoms with van der Waals surface area (Å²) >= 11 is 0. The highest BCUT2D eigenvalue weighted by molar-refractivity contribution is 7.90. The first-order valence-electron chi connectivity index (χ1n) is 10.6. The summed E-state index contributed by atoms with van der Waals surface area (Å²) in [6, 6.07) is 9.56. The van der Waals surface area contributed by atoms with E-state index in [1.165, 1.54) is 30.3 Å². The van der Waals surface area contributed by atoms with Gasteiger partial charge >= 0.3 is 5.97 Å². The van der Waals surface area contributed by atoms with E-state index in [9.17, 15) is 18.0 Å². The number of hydrogen-bond donors (Lipinski definition) is 0. The molecule has 0 atom stereocenters. The van der Waals surface area contributed by atoms with Gasteiger partial charge in [0, 0.05) is 11.8 Å². The summed E-state index contributed by atoms with van der Waals surface area (Å²) < 4.78 is 34.6. The number of allylic oxidation sites excluding steroid dienone is 1. The van der Waals surface area contributed by atoms with Crippen molar-refractivity contribution in [1.82, 2.24) is 0 Å². The molecule has 0 spiro atoms. The molecule has 0 N–H and O–H groups in total. The number of carbonyl (C=O) groups excluding carboxylic acids is 2. The molecule has 0 aliphatic rings. The predicted octanol–water partition coefficient (Wildman–Crippen LogP) is 5.10. The van der Waals surface area contributed by atoms with Crippen LogP contribution in [0.5, 0.6) is 5.75 Å². The molecule has 0 unspecified atom stereocenters. The highest BCUT2D eigenvalue weighted by Crippen LogP contribution is 2.30. The van der Waals surface area contributed by atoms with Crippen molar-refractivity contribution in [2.45, 2.75) is 64.6 Å². The molecule has 6 nitrogen and oxygen atoms in total. The van der Waals surface area contributed by atoms with Crippen LogP contribution < -0.4 is 4.74 Å². The third-order valence-electron chi connectivity index (χ3n) is 4.72. The van der Waals surface area contributed by atoms with Gasteiger partial charge in [0.2, 0.25) is 0 Å². The van der Waals surface area contributed by atoms with Gasteiger partial charge in [-0.05, 0) is 108 Å². The standard InChI is InChI=1S/C26H32O6S/c1-17-15-19(9-14-22(27)20-10-12-21(13-11-20)33(8,29)30)16-18(2)23(17)31-26(6,7)24(28)32-25(3,4)5/h9-16H,1-8H3/b14-9+. The minimum atomic E-state index is -3.31. The van der Waals surface area contributed by atoms with Crippen molar-refractivity contribution in [1.29, 1.82) is 0 Å². The van der Waals surface area contributed by atoms with E-state index in [2.05, 4.69) is 0 Å². The van der Waals surface area contributed by atoms with Crippen LogP contribution in [0.3, 0.4) is 0 Å². The van der Waals surface area contributed by atoms with Crippen LogP contribution in [0.2, 0.25) is 0 Å². The zero-order chi connectivity index (χ0) is 25.2. The number of sulfone groups is 1. The van der Waals surface area contributed by atoms with Crippen molar-refractivity contribution in [3.8, 4) is 5.75 Å². The lowest BCUT2D eigenvalue weighted by atomic mass is 10.0. The average molecular weight is 473 g/mol. The number of carbonyl (C=O) groups is 2. The number of benzene rings is 2. The zero-order valence-electron chi connectivity index (χ0n) is 20.5. The summed E-state index contributed by atoms with van der Waals surface area (Å²) in [5, 5.41) is 0. The van der Waals surface area contributed by atoms with E-state index in [-0.39, 0.29) is 10.7 Å². The van der Waals surface area contributed by atoms with E-state index in [1.807, 2.05) is 26.0 Å². The smallest absolute Gasteiger partial charge is 0.350 e. The van der Waals surface area contributed by atoms with Gasteiger partial charge in [-0.2, -0.15) is 0 Å². The number of aryl methyl sites for hydroxylation is 2. The Balaban J connectivity index is 2.20. The van der Waals surface area contributed by atoms with Gasteiger partial charge in [0.1, 0.15) is 11.4 Å². The van der Waals surface area contributed by atoms with E-state index >= 15 is 0 Å². The molecule has 7 heteroatoms. The molecular formula is C26H32O6S. The third kappa shape index (κ3) is 7.29. The van der Waals surface area contributed by atoms with Gasteiger partial charge in [-0.25, -0.2) is 13.2 Å². The van der Waals surface area contributed by atoms with Crippen molar-refractivity contribution in [2.24, 2.45) is 0 Å². The molecule has 0 saturated carbocycles. The van der Waals surface area contributed by atoms with Crippen LogP contribution in [-0.4, -0.2) is 37.6 Å². The van der Waals surface area contributed by atoms with Crippen molar-refractivity contribution in [2.75, 3.05) is 6.26 Å². The Morgan fingerprint density at radius 2 is 1.42 bits per heavy atom. The Labute approximate surface area is 196 Å². The molecule has 178 valence electrons. The average Bonchev–Trinajstić information content (AvgIpc) is 2.67. The summed E-state index contributed by atoms with van der Waals surface area (Å²) in [7, 11) is -3.31. The van der Waals surface area contributed by atoms with Gasteiger partial charge in [-0.15, -0.1) is 0 Å². The number of rotatable bonds is 7. The molecule has 0 saturated heterocycles. The molecule has 0 radical (unpaired) electrons. The highest BCUT2D eigenvalue weighted by atomic mass is 32.2. The fourth-order valence-corrected chi connectivity index (χ4v) is 3.70. The molecule has 2 aromatic rings. The van der Waals surface area contributed by atoms with E-state index in [0.29, 0.717) is 11.3 Å². The Bertz CT molecular complexity index is 1160. The van der Waals surface area contributed by atoms with E-state index in [0.717, 1.165) is 22.9 Å². The van der Waals surface area contributed by atoms with Gasteiger partial charge in [0.25, 0.3) is 0 Å². The first-order chi connectivity index (χ1) is 15.0. The number of ether oxygens (including phenoxy) is 2. The summed E-state index contributed by atoms with van der Waals surface area (Å²) in [5.74, 6) is -0.104. The zero-order valence-corrected chi connectivity index (χ0v) is 21.3. The van der Waals surface area contributed by atoms with Crippen molar-refractivity contribution in [3.63, 3.8) is 0 Å². The molecule has 0 aliphatic carbocycles. The lowest BCUT2D eigenvalue weighted by Crippen LogP contribution is -2.43. The van der Waals surface area contributed by atoms with E-state index in [4.69, 9.17) is 9.47 Å². The van der Waals surface area contributed by atoms with Gasteiger partial charge < -0.3 is 9.47 Å². The SMILES string of the molecule is Cc1cc(/C=C/C(=O)c2ccc(S(C)(=O)=O)cc2)cc(C)c1OC(C)(C)C(=O)OC(C)(C)C. The van der Waals surface area contributed by atoms with Crippen LogP contribution in [0.4, 0.5) is 0 Å². The lowest BCUT2D eigenvalue weighted by Gasteiger charge is -2.30. The van der Waals surface area contributed by atoms with Crippen LogP contribution in [0.25, 0.3) is 6.08 Å². The fourth-order valence-electron chi connectivity index (χ4n) is 3.07. The Hall–Kier alpha value is -2.93. The highest BCUT2D eigenvalue weighted by Gasteiger charge is 2.35. The summed E-state index contributed by atoms with van der Waals surface area (Å²) in [4.78, 5) is 25.2. The molecule has 33 heavy (non-hydrogen) atoms. The fraction of sp³-hybridized carbons (Fsp3) is 0.385. The third-order valence-corrected chi connectivity index (χ3v) is 5.85. The number of ketones is 1. The largest absolute Gasteiger partial charge is 0.476 e. The maximum atomic E-state index is 12.5. The first-order valence-corrected chi connectivity index (χ1v) is 12.4. The van der Waals surface area contributed by atoms with Crippen LogP contribution in [-0.2, 0) is 19.4 Å². The maximum Gasteiger partial charge on any atom is 0.350 e. The molecular weight excluding hydrogens is 440 g/mol. The van der Waals surface area contributed by atoms with Gasteiger partial charge in [-0.1, -0.05) is 6.08 Å². The summed E-state index contributed by atoms with van der Waals surface area (Å²) in [6.45, 7) is 12.5. The van der Waals surface area contributed by atoms with Crippen molar-refractivity contribution >= 4 is 27.7 Å². The van der Waals surface area contributed by atoms with Crippen LogP contribution in [0, 0.1) is 13.8 Å². The van der Waals surface area contributed by atoms with Crippen LogP contribution in [0.15, 0.2) is 47.4 Å². The van der Waals surface area contributed by atoms with E-state index < -0.39 is 27.0 Å². The van der Waals surface area contributed by atoms with Gasteiger partial charge in [0.05, 0.1) is 4.90 Å². The monoisotopic (exact) mass is 472 g/mol. The predicted molar refractivity (Wildman–Crippen MR) is 129 cm³/mol. The maximum absolute atomic E-state index is 12.5. The Morgan fingerprint density at radius 1 is 0.909 bits per heavy atom. The molecule has 2 aromatic carbocycles. The first kappa shape index (κ1) is 26.3. The number of hydrogen-bond acceptors (Lipinski definition) is 6. The Morgan fingerprint density at radius 3 is 1.88 bits per heavy atom. The minimum absolute atomic E-state index is 0.166. The quantitative estimate of drug-likeness (QED) is 0.316. The van der Waals surface area contributed by atoms with Crippen molar-refractivity contribution in [3.05, 3.63) is 64.7 Å². The van der Waals surface area contributed by atoms with E-state index in [1.54, 1.807) is 40.7 Å². The molecule has 0 fully saturated rings. The van der Waals surface area contributed by atoms with Gasteiger partial charge in [0.15, 0.2) is 21.2 Å². The second-order valence-electron chi connectivity index (χ2n) is 9.59. The minimum Gasteiger partial charge on any atom is -0.476 e.